The summed E-state index contributed by atoms with van der Waals surface area (Å²) in [6.07, 6.45) is 2.90. The zero-order chi connectivity index (χ0) is 15.4. The monoisotopic (exact) mass is 354 g/mol. The number of amides is 2. The molecule has 5 N–H and O–H groups in total. The second-order valence-corrected chi connectivity index (χ2v) is 6.02. The molecule has 1 aromatic carbocycles. The van der Waals surface area contributed by atoms with Crippen LogP contribution < -0.4 is 17.0 Å². The summed E-state index contributed by atoms with van der Waals surface area (Å²) in [5.74, 6) is 4.51. The van der Waals surface area contributed by atoms with E-state index in [0.717, 1.165) is 35.8 Å². The Morgan fingerprint density at radius 2 is 2.14 bits per heavy atom. The highest BCUT2D eigenvalue weighted by molar-refractivity contribution is 9.10. The molecule has 0 spiro atoms. The normalized spacial score (nSPS) is 19.2. The third-order valence-electron chi connectivity index (χ3n) is 3.76. The Hall–Kier alpha value is -1.44. The second-order valence-electron chi connectivity index (χ2n) is 5.16. The van der Waals surface area contributed by atoms with Crippen molar-refractivity contribution in [1.29, 1.82) is 0 Å². The first-order valence-corrected chi connectivity index (χ1v) is 7.65. The highest BCUT2D eigenvalue weighted by Crippen LogP contribution is 2.24. The lowest BCUT2D eigenvalue weighted by Gasteiger charge is -2.33. The Bertz CT molecular complexity index is 550. The van der Waals surface area contributed by atoms with Crippen molar-refractivity contribution in [3.05, 3.63) is 33.8 Å². The average Bonchev–Trinajstić information content (AvgIpc) is 2.48. The largest absolute Gasteiger partial charge is 0.368 e. The lowest BCUT2D eigenvalue weighted by Crippen LogP contribution is -2.47. The fourth-order valence-electron chi connectivity index (χ4n) is 2.62. The molecule has 21 heavy (non-hydrogen) atoms. The first-order valence-electron chi connectivity index (χ1n) is 6.85. The van der Waals surface area contributed by atoms with Gasteiger partial charge in [-0.05, 0) is 37.1 Å². The van der Waals surface area contributed by atoms with Gasteiger partial charge < -0.3 is 5.73 Å². The number of carbonyl (C=O) groups excluding carboxylic acids is 2. The van der Waals surface area contributed by atoms with Gasteiger partial charge in [-0.15, -0.1) is 0 Å². The second kappa shape index (κ2) is 7.02. The number of hydrazine groups is 1. The van der Waals surface area contributed by atoms with Gasteiger partial charge in [-0.3, -0.25) is 19.9 Å². The van der Waals surface area contributed by atoms with E-state index in [1.165, 1.54) is 0 Å². The Morgan fingerprint density at radius 1 is 1.38 bits per heavy atom. The maximum Gasteiger partial charge on any atom is 0.265 e. The molecule has 1 saturated heterocycles. The molecule has 1 unspecified atom stereocenters. The van der Waals surface area contributed by atoms with Gasteiger partial charge in [0.15, 0.2) is 0 Å². The molecule has 2 amide bonds. The van der Waals surface area contributed by atoms with Gasteiger partial charge in [0.1, 0.15) is 0 Å². The van der Waals surface area contributed by atoms with Crippen LogP contribution in [0.1, 0.15) is 35.2 Å². The Balaban J connectivity index is 2.15. The number of rotatable bonds is 4. The van der Waals surface area contributed by atoms with Crippen LogP contribution in [0.3, 0.4) is 0 Å². The molecule has 1 aliphatic rings. The van der Waals surface area contributed by atoms with E-state index in [2.05, 4.69) is 26.3 Å². The summed E-state index contributed by atoms with van der Waals surface area (Å²) in [6.45, 7) is 1.48. The van der Waals surface area contributed by atoms with Crippen molar-refractivity contribution in [2.75, 3.05) is 6.54 Å². The van der Waals surface area contributed by atoms with Crippen LogP contribution in [0.2, 0.25) is 0 Å². The molecule has 1 heterocycles. The summed E-state index contributed by atoms with van der Waals surface area (Å²) >= 11 is 3.46. The van der Waals surface area contributed by atoms with Gasteiger partial charge in [-0.2, -0.15) is 0 Å². The van der Waals surface area contributed by atoms with Crippen LogP contribution in [0.4, 0.5) is 0 Å². The third-order valence-corrected chi connectivity index (χ3v) is 4.50. The molecular weight excluding hydrogens is 336 g/mol. The first kappa shape index (κ1) is 15.9. The predicted octanol–water partition coefficient (Wildman–Crippen LogP) is 0.892. The number of nitrogen functional groups attached to an aromatic ring is 1. The van der Waals surface area contributed by atoms with Gasteiger partial charge in [-0.1, -0.05) is 28.4 Å². The van der Waals surface area contributed by atoms with Crippen LogP contribution in [-0.2, 0) is 11.3 Å². The Morgan fingerprint density at radius 3 is 2.76 bits per heavy atom. The van der Waals surface area contributed by atoms with Gasteiger partial charge in [0.05, 0.1) is 6.04 Å². The molecule has 6 nitrogen and oxygen atoms in total. The molecule has 114 valence electrons. The summed E-state index contributed by atoms with van der Waals surface area (Å²) in [5, 5.41) is 0. The maximum absolute atomic E-state index is 11.5. The molecule has 1 aliphatic heterocycles. The average molecular weight is 355 g/mol. The maximum atomic E-state index is 11.5. The van der Waals surface area contributed by atoms with Crippen molar-refractivity contribution in [1.82, 2.24) is 10.3 Å². The number of carbonyl (C=O) groups is 2. The van der Waals surface area contributed by atoms with Crippen LogP contribution in [0.25, 0.3) is 0 Å². The number of primary amides is 1. The number of hydrogen-bond acceptors (Lipinski definition) is 4. The van der Waals surface area contributed by atoms with Crippen molar-refractivity contribution in [3.8, 4) is 0 Å². The standard InChI is InChI=1S/C14H19BrN4O2/c15-11-7-9(14(21)18-17)4-5-10(11)8-19-6-2-1-3-12(19)13(16)20/h4-5,7,12H,1-3,6,8,17H2,(H2,16,20)(H,18,21). The number of piperidine rings is 1. The van der Waals surface area contributed by atoms with Crippen LogP contribution in [0, 0.1) is 0 Å². The van der Waals surface area contributed by atoms with E-state index in [9.17, 15) is 9.59 Å². The smallest absolute Gasteiger partial charge is 0.265 e. The van der Waals surface area contributed by atoms with Crippen LogP contribution in [-0.4, -0.2) is 29.3 Å². The van der Waals surface area contributed by atoms with Crippen molar-refractivity contribution < 1.29 is 9.59 Å². The molecule has 0 saturated carbocycles. The Labute approximate surface area is 131 Å². The summed E-state index contributed by atoms with van der Waals surface area (Å²) in [4.78, 5) is 25.1. The number of nitrogens with zero attached hydrogens (tertiary/aromatic N) is 1. The van der Waals surface area contributed by atoms with Crippen molar-refractivity contribution in [2.24, 2.45) is 11.6 Å². The van der Waals surface area contributed by atoms with Crippen molar-refractivity contribution in [2.45, 2.75) is 31.8 Å². The summed E-state index contributed by atoms with van der Waals surface area (Å²) < 4.78 is 0.817. The van der Waals surface area contributed by atoms with Crippen molar-refractivity contribution >= 4 is 27.7 Å². The molecule has 0 aliphatic carbocycles. The van der Waals surface area contributed by atoms with E-state index >= 15 is 0 Å². The lowest BCUT2D eigenvalue weighted by atomic mass is 10.0. The van der Waals surface area contributed by atoms with Gasteiger partial charge >= 0.3 is 0 Å². The molecule has 1 aromatic rings. The topological polar surface area (TPSA) is 101 Å². The molecule has 2 rings (SSSR count). The zero-order valence-corrected chi connectivity index (χ0v) is 13.2. The lowest BCUT2D eigenvalue weighted by molar-refractivity contribution is -0.124. The summed E-state index contributed by atoms with van der Waals surface area (Å²) in [5.41, 5.74) is 9.07. The first-order chi connectivity index (χ1) is 10.0. The number of hydrogen-bond donors (Lipinski definition) is 3. The van der Waals surface area contributed by atoms with Crippen molar-refractivity contribution in [3.63, 3.8) is 0 Å². The highest BCUT2D eigenvalue weighted by Gasteiger charge is 2.27. The quantitative estimate of drug-likeness (QED) is 0.424. The molecular formula is C14H19BrN4O2. The third kappa shape index (κ3) is 3.81. The summed E-state index contributed by atoms with van der Waals surface area (Å²) in [6, 6.07) is 5.09. The van der Waals surface area contributed by atoms with E-state index in [1.54, 1.807) is 12.1 Å². The minimum atomic E-state index is -0.338. The highest BCUT2D eigenvalue weighted by atomic mass is 79.9. The molecule has 1 atom stereocenters. The van der Waals surface area contributed by atoms with E-state index in [0.29, 0.717) is 12.1 Å². The molecule has 1 fully saturated rings. The number of halogens is 1. The predicted molar refractivity (Wildman–Crippen MR) is 83.0 cm³/mol. The summed E-state index contributed by atoms with van der Waals surface area (Å²) in [7, 11) is 0. The number of nitrogens with one attached hydrogen (secondary N) is 1. The van der Waals surface area contributed by atoms with Crippen LogP contribution in [0.15, 0.2) is 22.7 Å². The van der Waals surface area contributed by atoms with Gasteiger partial charge in [-0.25, -0.2) is 5.84 Å². The number of nitrogens with two attached hydrogens (primary N) is 2. The molecule has 7 heteroatoms. The van der Waals surface area contributed by atoms with E-state index < -0.39 is 0 Å². The minimum absolute atomic E-state index is 0.210. The molecule has 0 bridgehead atoms. The number of likely N-dealkylation sites (tertiary alicyclic amines) is 1. The van der Waals surface area contributed by atoms with E-state index in [-0.39, 0.29) is 17.9 Å². The molecule has 0 aromatic heterocycles. The van der Waals surface area contributed by atoms with Crippen LogP contribution in [0.5, 0.6) is 0 Å². The Kier molecular flexibility index (Phi) is 5.33. The van der Waals surface area contributed by atoms with Gasteiger partial charge in [0.2, 0.25) is 5.91 Å². The van der Waals surface area contributed by atoms with Gasteiger partial charge in [0, 0.05) is 16.6 Å². The number of benzene rings is 1. The fraction of sp³-hybridized carbons (Fsp3) is 0.429. The van der Waals surface area contributed by atoms with E-state index in [1.807, 2.05) is 6.07 Å². The zero-order valence-electron chi connectivity index (χ0n) is 11.6. The molecule has 0 radical (unpaired) electrons. The SMILES string of the molecule is NNC(=O)c1ccc(CN2CCCCC2C(N)=O)c(Br)c1. The van der Waals surface area contributed by atoms with Gasteiger partial charge in [0.25, 0.3) is 5.91 Å². The fourth-order valence-corrected chi connectivity index (χ4v) is 3.13. The van der Waals surface area contributed by atoms with Crippen LogP contribution >= 0.6 is 15.9 Å². The minimum Gasteiger partial charge on any atom is -0.368 e. The van der Waals surface area contributed by atoms with E-state index in [4.69, 9.17) is 11.6 Å².